The Morgan fingerprint density at radius 3 is 2.17 bits per heavy atom. The molecule has 0 spiro atoms. The predicted molar refractivity (Wildman–Crippen MR) is 68.1 cm³/mol. The number of hydrogen-bond acceptors (Lipinski definition) is 2. The summed E-state index contributed by atoms with van der Waals surface area (Å²) in [6.45, 7) is -0.854. The standard InChI is InChI=1S/C15H13FO2/c16-10-11-18-15(17)14-8-6-13(7-9-14)12-4-2-1-3-5-12/h1-9H,10-11H2. The molecule has 0 bridgehead atoms. The molecule has 2 aromatic rings. The van der Waals surface area contributed by atoms with Gasteiger partial charge in [-0.15, -0.1) is 0 Å². The van der Waals surface area contributed by atoms with Gasteiger partial charge >= 0.3 is 5.97 Å². The monoisotopic (exact) mass is 244 g/mol. The molecule has 0 atom stereocenters. The summed E-state index contributed by atoms with van der Waals surface area (Å²) in [4.78, 5) is 11.5. The molecule has 0 aliphatic carbocycles. The van der Waals surface area contributed by atoms with E-state index < -0.39 is 12.6 Å². The van der Waals surface area contributed by atoms with Crippen LogP contribution in [0.3, 0.4) is 0 Å². The Kier molecular flexibility index (Phi) is 4.07. The van der Waals surface area contributed by atoms with Crippen LogP contribution in [-0.2, 0) is 4.74 Å². The summed E-state index contributed by atoms with van der Waals surface area (Å²) in [7, 11) is 0. The van der Waals surface area contributed by atoms with Gasteiger partial charge in [-0.2, -0.15) is 0 Å². The van der Waals surface area contributed by atoms with E-state index in [0.29, 0.717) is 5.56 Å². The van der Waals surface area contributed by atoms with Crippen LogP contribution >= 0.6 is 0 Å². The van der Waals surface area contributed by atoms with Crippen LogP contribution in [0.15, 0.2) is 54.6 Å². The van der Waals surface area contributed by atoms with Gasteiger partial charge in [-0.05, 0) is 23.3 Å². The molecule has 2 aromatic carbocycles. The number of benzene rings is 2. The zero-order valence-electron chi connectivity index (χ0n) is 9.80. The zero-order chi connectivity index (χ0) is 12.8. The highest BCUT2D eigenvalue weighted by Crippen LogP contribution is 2.19. The van der Waals surface area contributed by atoms with Gasteiger partial charge in [0.2, 0.25) is 0 Å². The average molecular weight is 244 g/mol. The van der Waals surface area contributed by atoms with Crippen LogP contribution in [0.25, 0.3) is 11.1 Å². The Morgan fingerprint density at radius 1 is 0.944 bits per heavy atom. The van der Waals surface area contributed by atoms with Crippen molar-refractivity contribution in [1.29, 1.82) is 0 Å². The smallest absolute Gasteiger partial charge is 0.338 e. The lowest BCUT2D eigenvalue weighted by Gasteiger charge is -2.04. The summed E-state index contributed by atoms with van der Waals surface area (Å²) in [5, 5.41) is 0. The second-order valence-corrected chi connectivity index (χ2v) is 3.77. The van der Waals surface area contributed by atoms with Gasteiger partial charge in [-0.1, -0.05) is 42.5 Å². The topological polar surface area (TPSA) is 26.3 Å². The number of carbonyl (C=O) groups excluding carboxylic acids is 1. The van der Waals surface area contributed by atoms with Gasteiger partial charge < -0.3 is 4.74 Å². The summed E-state index contributed by atoms with van der Waals surface area (Å²) in [6.07, 6.45) is 0. The molecule has 0 radical (unpaired) electrons. The molecule has 0 saturated heterocycles. The summed E-state index contributed by atoms with van der Waals surface area (Å²) in [5.41, 5.74) is 2.54. The number of ether oxygens (including phenoxy) is 1. The van der Waals surface area contributed by atoms with Crippen LogP contribution in [0, 0.1) is 0 Å². The lowest BCUT2D eigenvalue weighted by atomic mass is 10.0. The van der Waals surface area contributed by atoms with Gasteiger partial charge in [0.25, 0.3) is 0 Å². The molecule has 2 rings (SSSR count). The van der Waals surface area contributed by atoms with Crippen LogP contribution in [0.1, 0.15) is 10.4 Å². The van der Waals surface area contributed by atoms with Gasteiger partial charge in [0.05, 0.1) is 5.56 Å². The molecule has 0 saturated carbocycles. The van der Waals surface area contributed by atoms with E-state index in [0.717, 1.165) is 11.1 Å². The normalized spacial score (nSPS) is 10.1. The quantitative estimate of drug-likeness (QED) is 0.770. The molecule has 0 unspecified atom stereocenters. The zero-order valence-corrected chi connectivity index (χ0v) is 9.80. The fourth-order valence-corrected chi connectivity index (χ4v) is 1.64. The number of carbonyl (C=O) groups is 1. The Balaban J connectivity index is 2.13. The average Bonchev–Trinajstić information content (AvgIpc) is 2.46. The maximum absolute atomic E-state index is 11.9. The highest BCUT2D eigenvalue weighted by Gasteiger charge is 2.06. The molecule has 0 aliphatic rings. The SMILES string of the molecule is O=C(OCCF)c1ccc(-c2ccccc2)cc1. The summed E-state index contributed by atoms with van der Waals surface area (Å²) < 4.78 is 16.6. The number of alkyl halides is 1. The van der Waals surface area contributed by atoms with E-state index in [1.807, 2.05) is 42.5 Å². The predicted octanol–water partition coefficient (Wildman–Crippen LogP) is 3.48. The van der Waals surface area contributed by atoms with Crippen molar-refractivity contribution in [3.63, 3.8) is 0 Å². The van der Waals surface area contributed by atoms with Crippen molar-refractivity contribution in [2.45, 2.75) is 0 Å². The van der Waals surface area contributed by atoms with E-state index in [-0.39, 0.29) is 6.61 Å². The van der Waals surface area contributed by atoms with Crippen LogP contribution in [0.2, 0.25) is 0 Å². The van der Waals surface area contributed by atoms with Crippen molar-refractivity contribution in [3.8, 4) is 11.1 Å². The van der Waals surface area contributed by atoms with Crippen LogP contribution in [0.5, 0.6) is 0 Å². The Bertz CT molecular complexity index is 506. The maximum Gasteiger partial charge on any atom is 0.338 e. The molecule has 0 fully saturated rings. The molecule has 2 nitrogen and oxygen atoms in total. The molecule has 0 amide bonds. The summed E-state index contributed by atoms with van der Waals surface area (Å²) >= 11 is 0. The second-order valence-electron chi connectivity index (χ2n) is 3.77. The highest BCUT2D eigenvalue weighted by molar-refractivity contribution is 5.90. The third kappa shape index (κ3) is 2.94. The van der Waals surface area contributed by atoms with Gasteiger partial charge in [0, 0.05) is 0 Å². The minimum atomic E-state index is -0.659. The van der Waals surface area contributed by atoms with Crippen molar-refractivity contribution in [1.82, 2.24) is 0 Å². The maximum atomic E-state index is 11.9. The Morgan fingerprint density at radius 2 is 1.56 bits per heavy atom. The molecular weight excluding hydrogens is 231 g/mol. The minimum Gasteiger partial charge on any atom is -0.459 e. The number of halogens is 1. The van der Waals surface area contributed by atoms with Crippen molar-refractivity contribution >= 4 is 5.97 Å². The van der Waals surface area contributed by atoms with Crippen molar-refractivity contribution in [3.05, 3.63) is 60.2 Å². The van der Waals surface area contributed by atoms with Crippen LogP contribution < -0.4 is 0 Å². The van der Waals surface area contributed by atoms with Gasteiger partial charge in [0.15, 0.2) is 0 Å². The van der Waals surface area contributed by atoms with Crippen LogP contribution in [-0.4, -0.2) is 19.3 Å². The molecule has 0 aromatic heterocycles. The van der Waals surface area contributed by atoms with E-state index in [1.54, 1.807) is 12.1 Å². The van der Waals surface area contributed by atoms with E-state index in [2.05, 4.69) is 0 Å². The lowest BCUT2D eigenvalue weighted by Crippen LogP contribution is -2.07. The first-order chi connectivity index (χ1) is 8.81. The number of esters is 1. The largest absolute Gasteiger partial charge is 0.459 e. The molecule has 92 valence electrons. The molecule has 0 aliphatic heterocycles. The number of rotatable bonds is 4. The highest BCUT2D eigenvalue weighted by atomic mass is 19.1. The summed E-state index contributed by atoms with van der Waals surface area (Å²) in [5.74, 6) is -0.493. The van der Waals surface area contributed by atoms with Gasteiger partial charge in [-0.25, -0.2) is 9.18 Å². The Hall–Kier alpha value is -2.16. The molecule has 0 N–H and O–H groups in total. The number of hydrogen-bond donors (Lipinski definition) is 0. The van der Waals surface area contributed by atoms with Gasteiger partial charge in [-0.3, -0.25) is 0 Å². The van der Waals surface area contributed by atoms with Crippen molar-refractivity contribution in [2.24, 2.45) is 0 Å². The molecule has 18 heavy (non-hydrogen) atoms. The molecule has 3 heteroatoms. The van der Waals surface area contributed by atoms with E-state index >= 15 is 0 Å². The van der Waals surface area contributed by atoms with Gasteiger partial charge in [0.1, 0.15) is 13.3 Å². The molecule has 0 heterocycles. The first-order valence-electron chi connectivity index (χ1n) is 5.70. The van der Waals surface area contributed by atoms with Crippen molar-refractivity contribution in [2.75, 3.05) is 13.3 Å². The molecular formula is C15H13FO2. The summed E-state index contributed by atoms with van der Waals surface area (Å²) in [6, 6.07) is 16.9. The third-order valence-electron chi connectivity index (χ3n) is 2.54. The third-order valence-corrected chi connectivity index (χ3v) is 2.54. The lowest BCUT2D eigenvalue weighted by molar-refractivity contribution is 0.0481. The minimum absolute atomic E-state index is 0.195. The fraction of sp³-hybridized carbons (Fsp3) is 0.133. The fourth-order valence-electron chi connectivity index (χ4n) is 1.64. The first kappa shape index (κ1) is 12.3. The van der Waals surface area contributed by atoms with Crippen molar-refractivity contribution < 1.29 is 13.9 Å². The Labute approximate surface area is 105 Å². The first-order valence-corrected chi connectivity index (χ1v) is 5.70. The van der Waals surface area contributed by atoms with E-state index in [4.69, 9.17) is 4.74 Å². The van der Waals surface area contributed by atoms with E-state index in [1.165, 1.54) is 0 Å². The van der Waals surface area contributed by atoms with E-state index in [9.17, 15) is 9.18 Å². The van der Waals surface area contributed by atoms with Crippen LogP contribution in [0.4, 0.5) is 4.39 Å². The second kappa shape index (κ2) is 5.96.